The van der Waals surface area contributed by atoms with Gasteiger partial charge in [0.05, 0.1) is 24.7 Å². The fourth-order valence-corrected chi connectivity index (χ4v) is 4.86. The molecule has 3 aromatic carbocycles. The molecular formula is C37H49N7O2. The van der Waals surface area contributed by atoms with Gasteiger partial charge in [-0.05, 0) is 73.0 Å². The normalized spacial score (nSPS) is 11.5. The lowest BCUT2D eigenvalue weighted by molar-refractivity contribution is -0.121. The standard InChI is InChI=1S/C25H28N4O.C11H18N2.CH3NO/c1-3-28-24(26)17-27-16-20-13-11-19(12-14-20)15-25(30)29-18(2)22-10-6-8-21-7-4-5-9-23(21)22;1-4-8-13(3)9-11-10(2)6-5-7-12-11;2-1-3/h3-14,18,27H,1,15-17H2,2H3,(H2,26,28)(H,29,30);5-7H,4,8-9H2,1-3H3;1H,(H2,2,3). The van der Waals surface area contributed by atoms with Gasteiger partial charge in [-0.25, -0.2) is 4.99 Å². The summed E-state index contributed by atoms with van der Waals surface area (Å²) >= 11 is 0. The number of nitrogens with one attached hydrogen (secondary N) is 2. The molecule has 0 aliphatic rings. The van der Waals surface area contributed by atoms with Crippen molar-refractivity contribution < 1.29 is 9.59 Å². The van der Waals surface area contributed by atoms with Crippen LogP contribution in [0.3, 0.4) is 0 Å². The molecule has 1 aromatic heterocycles. The number of rotatable bonds is 13. The molecule has 1 unspecified atom stereocenters. The second-order valence-electron chi connectivity index (χ2n) is 10.9. The predicted octanol–water partition coefficient (Wildman–Crippen LogP) is 5.18. The van der Waals surface area contributed by atoms with Crippen LogP contribution in [0.5, 0.6) is 0 Å². The van der Waals surface area contributed by atoms with Crippen LogP contribution in [-0.2, 0) is 29.1 Å². The van der Waals surface area contributed by atoms with Crippen LogP contribution in [0.25, 0.3) is 10.8 Å². The number of amidine groups is 1. The van der Waals surface area contributed by atoms with Crippen molar-refractivity contribution in [1.29, 1.82) is 0 Å². The Morgan fingerprint density at radius 2 is 1.72 bits per heavy atom. The molecule has 6 N–H and O–H groups in total. The molecule has 1 atom stereocenters. The molecule has 9 heteroatoms. The van der Waals surface area contributed by atoms with Gasteiger partial charge in [-0.15, -0.1) is 0 Å². The molecule has 244 valence electrons. The summed E-state index contributed by atoms with van der Waals surface area (Å²) in [5.74, 6) is 0.508. The van der Waals surface area contributed by atoms with Crippen LogP contribution >= 0.6 is 0 Å². The number of hydrogen-bond acceptors (Lipinski definition) is 6. The molecule has 0 aliphatic heterocycles. The first-order valence-electron chi connectivity index (χ1n) is 15.4. The number of hydrogen-bond donors (Lipinski definition) is 4. The molecule has 4 aromatic rings. The van der Waals surface area contributed by atoms with Gasteiger partial charge in [-0.2, -0.15) is 0 Å². The van der Waals surface area contributed by atoms with Gasteiger partial charge in [0.1, 0.15) is 5.84 Å². The van der Waals surface area contributed by atoms with Crippen LogP contribution in [0, 0.1) is 6.92 Å². The van der Waals surface area contributed by atoms with Crippen LogP contribution in [0.1, 0.15) is 54.3 Å². The molecule has 0 saturated carbocycles. The zero-order valence-electron chi connectivity index (χ0n) is 27.6. The Hall–Kier alpha value is -4.86. The van der Waals surface area contributed by atoms with Crippen molar-refractivity contribution in [3.8, 4) is 0 Å². The SMILES string of the molecule is C=CN=C(N)CNCc1ccc(CC(=O)NC(C)c2cccc3ccccc23)cc1.CCCN(C)Cc1ncccc1C.NC=O. The Balaban J connectivity index is 0.000000382. The Bertz CT molecular complexity index is 1530. The number of aryl methyl sites for hydroxylation is 1. The zero-order chi connectivity index (χ0) is 33.7. The monoisotopic (exact) mass is 623 g/mol. The first kappa shape index (κ1) is 37.3. The molecular weight excluding hydrogens is 574 g/mol. The van der Waals surface area contributed by atoms with E-state index in [2.05, 4.69) is 89.0 Å². The van der Waals surface area contributed by atoms with Crippen molar-refractivity contribution in [3.05, 3.63) is 126 Å². The molecule has 4 rings (SSSR count). The van der Waals surface area contributed by atoms with E-state index >= 15 is 0 Å². The molecule has 9 nitrogen and oxygen atoms in total. The summed E-state index contributed by atoms with van der Waals surface area (Å²) in [6.45, 7) is 13.1. The van der Waals surface area contributed by atoms with Crippen molar-refractivity contribution >= 4 is 28.9 Å². The van der Waals surface area contributed by atoms with E-state index in [0.717, 1.165) is 29.8 Å². The molecule has 0 spiro atoms. The number of fused-ring (bicyclic) bond motifs is 1. The number of nitrogens with zero attached hydrogens (tertiary/aromatic N) is 3. The van der Waals surface area contributed by atoms with Gasteiger partial charge in [0, 0.05) is 25.5 Å². The minimum atomic E-state index is -0.0604. The van der Waals surface area contributed by atoms with Gasteiger partial charge in [0.2, 0.25) is 12.3 Å². The van der Waals surface area contributed by atoms with Crippen LogP contribution in [0.4, 0.5) is 0 Å². The number of aliphatic imine (C=N–C) groups is 1. The first-order chi connectivity index (χ1) is 22.2. The van der Waals surface area contributed by atoms with Gasteiger partial charge < -0.3 is 27.0 Å². The maximum atomic E-state index is 12.6. The molecule has 0 aliphatic carbocycles. The van der Waals surface area contributed by atoms with Crippen LogP contribution in [0.15, 0.2) is 103 Å². The number of pyridine rings is 1. The molecule has 0 bridgehead atoms. The Kier molecular flexibility index (Phi) is 17.0. The van der Waals surface area contributed by atoms with E-state index in [4.69, 9.17) is 10.5 Å². The zero-order valence-corrected chi connectivity index (χ0v) is 27.6. The maximum Gasteiger partial charge on any atom is 0.224 e. The van der Waals surface area contributed by atoms with E-state index in [1.165, 1.54) is 34.7 Å². The Morgan fingerprint density at radius 1 is 1.04 bits per heavy atom. The van der Waals surface area contributed by atoms with Gasteiger partial charge in [0.15, 0.2) is 0 Å². The molecule has 46 heavy (non-hydrogen) atoms. The van der Waals surface area contributed by atoms with E-state index in [0.29, 0.717) is 25.3 Å². The Labute approximate surface area is 273 Å². The lowest BCUT2D eigenvalue weighted by Gasteiger charge is -2.17. The number of carbonyl (C=O) groups excluding carboxylic acids is 2. The molecule has 1 heterocycles. The summed E-state index contributed by atoms with van der Waals surface area (Å²) in [6.07, 6.45) is 5.09. The van der Waals surface area contributed by atoms with E-state index < -0.39 is 0 Å². The fraction of sp³-hybridized carbons (Fsp3) is 0.297. The number of nitrogens with two attached hydrogens (primary N) is 2. The summed E-state index contributed by atoms with van der Waals surface area (Å²) < 4.78 is 0. The highest BCUT2D eigenvalue weighted by Gasteiger charge is 2.13. The number of primary amides is 1. The molecule has 2 amide bonds. The average molecular weight is 624 g/mol. The van der Waals surface area contributed by atoms with Gasteiger partial charge >= 0.3 is 0 Å². The maximum absolute atomic E-state index is 12.6. The third-order valence-corrected chi connectivity index (χ3v) is 7.09. The topological polar surface area (TPSA) is 139 Å². The van der Waals surface area contributed by atoms with Crippen molar-refractivity contribution in [2.75, 3.05) is 20.1 Å². The quantitative estimate of drug-likeness (QED) is 0.0920. The number of benzene rings is 3. The third kappa shape index (κ3) is 13.4. The summed E-state index contributed by atoms with van der Waals surface area (Å²) in [5, 5.41) is 8.69. The van der Waals surface area contributed by atoms with Crippen molar-refractivity contribution in [3.63, 3.8) is 0 Å². The summed E-state index contributed by atoms with van der Waals surface area (Å²) in [7, 11) is 2.14. The smallest absolute Gasteiger partial charge is 0.224 e. The second-order valence-corrected chi connectivity index (χ2v) is 10.9. The second kappa shape index (κ2) is 21.0. The highest BCUT2D eigenvalue weighted by Crippen LogP contribution is 2.24. The van der Waals surface area contributed by atoms with Gasteiger partial charge in [0.25, 0.3) is 0 Å². The number of carbonyl (C=O) groups is 2. The molecule has 0 fully saturated rings. The Morgan fingerprint density at radius 3 is 2.39 bits per heavy atom. The summed E-state index contributed by atoms with van der Waals surface area (Å²) in [6, 6.07) is 26.5. The van der Waals surface area contributed by atoms with Gasteiger partial charge in [-0.1, -0.05) is 86.3 Å². The van der Waals surface area contributed by atoms with Gasteiger partial charge in [-0.3, -0.25) is 14.6 Å². The van der Waals surface area contributed by atoms with Crippen LogP contribution < -0.4 is 22.1 Å². The van der Waals surface area contributed by atoms with E-state index in [9.17, 15) is 4.79 Å². The third-order valence-electron chi connectivity index (χ3n) is 7.09. The van der Waals surface area contributed by atoms with Crippen molar-refractivity contribution in [2.45, 2.75) is 52.7 Å². The summed E-state index contributed by atoms with van der Waals surface area (Å²) in [4.78, 5) is 31.7. The molecule has 0 radical (unpaired) electrons. The number of aromatic nitrogens is 1. The first-order valence-corrected chi connectivity index (χ1v) is 15.4. The minimum absolute atomic E-state index is 0.00900. The average Bonchev–Trinajstić information content (AvgIpc) is 3.03. The minimum Gasteiger partial charge on any atom is -0.386 e. The lowest BCUT2D eigenvalue weighted by Crippen LogP contribution is -2.28. The van der Waals surface area contributed by atoms with E-state index in [1.807, 2.05) is 61.7 Å². The molecule has 0 saturated heterocycles. The predicted molar refractivity (Wildman–Crippen MR) is 190 cm³/mol. The van der Waals surface area contributed by atoms with Crippen molar-refractivity contribution in [1.82, 2.24) is 20.5 Å². The van der Waals surface area contributed by atoms with Crippen molar-refractivity contribution in [2.24, 2.45) is 16.5 Å². The van der Waals surface area contributed by atoms with Crippen LogP contribution in [0.2, 0.25) is 0 Å². The lowest BCUT2D eigenvalue weighted by atomic mass is 9.99. The largest absolute Gasteiger partial charge is 0.386 e. The highest BCUT2D eigenvalue weighted by molar-refractivity contribution is 5.87. The fourth-order valence-electron chi connectivity index (χ4n) is 4.86. The van der Waals surface area contributed by atoms with E-state index in [-0.39, 0.29) is 18.4 Å². The summed E-state index contributed by atoms with van der Waals surface area (Å²) in [5.41, 5.74) is 15.6. The number of amides is 2. The highest BCUT2D eigenvalue weighted by atomic mass is 16.1. The van der Waals surface area contributed by atoms with Crippen LogP contribution in [-0.4, -0.2) is 48.2 Å². The van der Waals surface area contributed by atoms with E-state index in [1.54, 1.807) is 0 Å².